The minimum Gasteiger partial charge on any atom is -0.345 e. The molecule has 32 heavy (non-hydrogen) atoms. The van der Waals surface area contributed by atoms with Crippen molar-refractivity contribution < 1.29 is 4.79 Å². The summed E-state index contributed by atoms with van der Waals surface area (Å²) in [7, 11) is 0. The van der Waals surface area contributed by atoms with Gasteiger partial charge in [-0.2, -0.15) is 0 Å². The van der Waals surface area contributed by atoms with Crippen molar-refractivity contribution in [1.29, 1.82) is 0 Å². The van der Waals surface area contributed by atoms with E-state index >= 15 is 0 Å². The molecule has 0 aromatic carbocycles. The number of imidazole rings is 1. The van der Waals surface area contributed by atoms with Crippen molar-refractivity contribution in [2.24, 2.45) is 5.92 Å². The summed E-state index contributed by atoms with van der Waals surface area (Å²) in [6.07, 6.45) is 14.5. The predicted molar refractivity (Wildman–Crippen MR) is 122 cm³/mol. The molecule has 2 N–H and O–H groups in total. The van der Waals surface area contributed by atoms with Crippen molar-refractivity contribution in [2.75, 3.05) is 6.54 Å². The van der Waals surface area contributed by atoms with E-state index in [1.165, 1.54) is 41.9 Å². The minimum absolute atomic E-state index is 0.149. The summed E-state index contributed by atoms with van der Waals surface area (Å²) in [5, 5.41) is 6.36. The third kappa shape index (κ3) is 4.50. The van der Waals surface area contributed by atoms with Gasteiger partial charge < -0.3 is 15.0 Å². The molecule has 0 radical (unpaired) electrons. The Morgan fingerprint density at radius 3 is 2.91 bits per heavy atom. The average Bonchev–Trinajstić information content (AvgIpc) is 3.18. The monoisotopic (exact) mass is 432 g/mol. The first-order valence-corrected chi connectivity index (χ1v) is 11.4. The number of allylic oxidation sites excluding steroid dienone is 1. The van der Waals surface area contributed by atoms with Gasteiger partial charge in [-0.15, -0.1) is 0 Å². The Kier molecular flexibility index (Phi) is 5.85. The van der Waals surface area contributed by atoms with Gasteiger partial charge in [0.1, 0.15) is 17.2 Å². The molecule has 1 saturated carbocycles. The number of amides is 1. The van der Waals surface area contributed by atoms with Gasteiger partial charge >= 0.3 is 0 Å². The summed E-state index contributed by atoms with van der Waals surface area (Å²) in [5.41, 5.74) is 2.70. The maximum atomic E-state index is 12.6. The standard InChI is InChI=1S/C24H28N6O2/c31-23-12-20(28-22-6-1-2-11-30(22)23)24(32)26-14-19-16-29-15-18(7-8-21(29)27-19)13-25-10-9-17-4-3-5-17/h2,7-8,11-12,15-17,25H,1,3-6,9-10,13-14H2,(H,26,32). The van der Waals surface area contributed by atoms with Crippen molar-refractivity contribution in [3.8, 4) is 0 Å². The second-order valence-corrected chi connectivity index (χ2v) is 8.67. The van der Waals surface area contributed by atoms with Gasteiger partial charge in [-0.05, 0) is 36.9 Å². The molecule has 5 rings (SSSR count). The molecule has 1 aliphatic carbocycles. The zero-order chi connectivity index (χ0) is 21.9. The smallest absolute Gasteiger partial charge is 0.270 e. The lowest BCUT2D eigenvalue weighted by Crippen LogP contribution is -2.30. The highest BCUT2D eigenvalue weighted by atomic mass is 16.2. The number of rotatable bonds is 8. The van der Waals surface area contributed by atoms with E-state index in [0.29, 0.717) is 12.2 Å². The molecule has 0 saturated heterocycles. The summed E-state index contributed by atoms with van der Waals surface area (Å²) >= 11 is 0. The second kappa shape index (κ2) is 9.08. The summed E-state index contributed by atoms with van der Waals surface area (Å²) in [6.45, 7) is 2.16. The fourth-order valence-electron chi connectivity index (χ4n) is 4.25. The number of nitrogens with one attached hydrogen (secondary N) is 2. The third-order valence-electron chi connectivity index (χ3n) is 6.32. The molecule has 0 spiro atoms. The molecular formula is C24H28N6O2. The Morgan fingerprint density at radius 2 is 2.06 bits per heavy atom. The number of aromatic nitrogens is 4. The average molecular weight is 433 g/mol. The van der Waals surface area contributed by atoms with E-state index < -0.39 is 0 Å². The van der Waals surface area contributed by atoms with Gasteiger partial charge in [0.25, 0.3) is 11.5 Å². The Labute approximate surface area is 186 Å². The molecule has 1 aliphatic heterocycles. The van der Waals surface area contributed by atoms with Gasteiger partial charge in [0, 0.05) is 37.6 Å². The number of pyridine rings is 1. The number of fused-ring (bicyclic) bond motifs is 2. The summed E-state index contributed by atoms with van der Waals surface area (Å²) < 4.78 is 3.47. The zero-order valence-electron chi connectivity index (χ0n) is 18.1. The minimum atomic E-state index is -0.367. The van der Waals surface area contributed by atoms with Crippen LogP contribution in [0.25, 0.3) is 11.8 Å². The Balaban J connectivity index is 1.19. The SMILES string of the molecule is O=C(NCc1cn2cc(CNCCC3CCC3)ccc2n1)c1cc(=O)n2c(n1)CCC=C2. The predicted octanol–water partition coefficient (Wildman–Crippen LogP) is 2.52. The Bertz CT molecular complexity index is 1220. The van der Waals surface area contributed by atoms with E-state index in [0.717, 1.165) is 36.8 Å². The van der Waals surface area contributed by atoms with Crippen molar-refractivity contribution in [2.45, 2.75) is 51.6 Å². The second-order valence-electron chi connectivity index (χ2n) is 8.67. The van der Waals surface area contributed by atoms with E-state index in [1.807, 2.05) is 22.7 Å². The molecule has 0 bridgehead atoms. The van der Waals surface area contributed by atoms with Crippen molar-refractivity contribution in [3.63, 3.8) is 0 Å². The maximum Gasteiger partial charge on any atom is 0.270 e. The topological polar surface area (TPSA) is 93.3 Å². The van der Waals surface area contributed by atoms with Crippen molar-refractivity contribution >= 4 is 17.8 Å². The molecule has 1 fully saturated rings. The van der Waals surface area contributed by atoms with Crippen LogP contribution in [-0.4, -0.2) is 31.4 Å². The van der Waals surface area contributed by atoms with Crippen LogP contribution >= 0.6 is 0 Å². The van der Waals surface area contributed by atoms with E-state index in [-0.39, 0.29) is 23.7 Å². The molecule has 1 amide bonds. The summed E-state index contributed by atoms with van der Waals surface area (Å²) in [6, 6.07) is 5.36. The van der Waals surface area contributed by atoms with Gasteiger partial charge in [-0.25, -0.2) is 9.97 Å². The quantitative estimate of drug-likeness (QED) is 0.534. The van der Waals surface area contributed by atoms with Gasteiger partial charge in [0.05, 0.1) is 12.2 Å². The van der Waals surface area contributed by atoms with Gasteiger partial charge in [0.15, 0.2) is 0 Å². The largest absolute Gasteiger partial charge is 0.345 e. The van der Waals surface area contributed by atoms with Crippen molar-refractivity contribution in [1.82, 2.24) is 29.6 Å². The fourth-order valence-corrected chi connectivity index (χ4v) is 4.25. The van der Waals surface area contributed by atoms with Crippen LogP contribution in [-0.2, 0) is 19.5 Å². The molecule has 3 aromatic heterocycles. The number of carbonyl (C=O) groups is 1. The number of nitrogens with zero attached hydrogens (tertiary/aromatic N) is 4. The van der Waals surface area contributed by atoms with Crippen molar-refractivity contribution in [3.05, 3.63) is 69.8 Å². The number of hydrogen-bond donors (Lipinski definition) is 2. The number of aryl methyl sites for hydroxylation is 1. The first-order valence-electron chi connectivity index (χ1n) is 11.4. The van der Waals surface area contributed by atoms with Crippen LogP contribution < -0.4 is 16.2 Å². The van der Waals surface area contributed by atoms with Crippen LogP contribution in [0.4, 0.5) is 0 Å². The van der Waals surface area contributed by atoms with Gasteiger partial charge in [0.2, 0.25) is 0 Å². The lowest BCUT2D eigenvalue weighted by atomic mass is 9.83. The third-order valence-corrected chi connectivity index (χ3v) is 6.32. The van der Waals surface area contributed by atoms with Gasteiger partial charge in [-0.3, -0.25) is 14.2 Å². The molecule has 0 atom stereocenters. The molecule has 8 nitrogen and oxygen atoms in total. The van der Waals surface area contributed by atoms with Gasteiger partial charge in [-0.1, -0.05) is 31.4 Å². The first kappa shape index (κ1) is 20.6. The van der Waals surface area contributed by atoms with Crippen LogP contribution in [0.3, 0.4) is 0 Å². The first-order chi connectivity index (χ1) is 15.7. The van der Waals surface area contributed by atoms with E-state index in [4.69, 9.17) is 0 Å². The lowest BCUT2D eigenvalue weighted by Gasteiger charge is -2.25. The van der Waals surface area contributed by atoms with Crippen LogP contribution in [0.2, 0.25) is 0 Å². The molecule has 166 valence electrons. The summed E-state index contributed by atoms with van der Waals surface area (Å²) in [4.78, 5) is 33.7. The maximum absolute atomic E-state index is 12.6. The van der Waals surface area contributed by atoms with E-state index in [1.54, 1.807) is 6.20 Å². The molecule has 2 aliphatic rings. The van der Waals surface area contributed by atoms with Crippen LogP contribution in [0, 0.1) is 5.92 Å². The highest BCUT2D eigenvalue weighted by Crippen LogP contribution is 2.28. The summed E-state index contributed by atoms with van der Waals surface area (Å²) in [5.74, 6) is 1.17. The number of carbonyl (C=O) groups excluding carboxylic acids is 1. The van der Waals surface area contributed by atoms with Crippen LogP contribution in [0.1, 0.15) is 59.7 Å². The normalized spacial score (nSPS) is 15.5. The van der Waals surface area contributed by atoms with Crippen LogP contribution in [0.5, 0.6) is 0 Å². The molecule has 3 aromatic rings. The van der Waals surface area contributed by atoms with E-state index in [9.17, 15) is 9.59 Å². The molecule has 8 heteroatoms. The highest BCUT2D eigenvalue weighted by molar-refractivity contribution is 5.92. The number of hydrogen-bond acceptors (Lipinski definition) is 5. The Hall–Kier alpha value is -3.26. The Morgan fingerprint density at radius 1 is 1.16 bits per heavy atom. The van der Waals surface area contributed by atoms with E-state index in [2.05, 4.69) is 32.9 Å². The zero-order valence-corrected chi connectivity index (χ0v) is 18.1. The molecule has 0 unspecified atom stereocenters. The highest BCUT2D eigenvalue weighted by Gasteiger charge is 2.16. The molecule has 4 heterocycles. The lowest BCUT2D eigenvalue weighted by molar-refractivity contribution is 0.0944. The van der Waals surface area contributed by atoms with Crippen LogP contribution in [0.15, 0.2) is 41.5 Å². The molecular weight excluding hydrogens is 404 g/mol. The fraction of sp³-hybridized carbons (Fsp3) is 0.417.